The SMILES string of the molecule is O=C(CC(C(=O)O)S(=O)(=O)[O-])Oc1ccccc1.[Na+]. The van der Waals surface area contributed by atoms with Gasteiger partial charge in [-0.1, -0.05) is 18.2 Å². The monoisotopic (exact) mass is 296 g/mol. The van der Waals surface area contributed by atoms with Crippen molar-refractivity contribution in [2.45, 2.75) is 11.7 Å². The van der Waals surface area contributed by atoms with E-state index < -0.39 is 33.7 Å². The minimum Gasteiger partial charge on any atom is -0.747 e. The van der Waals surface area contributed by atoms with Crippen LogP contribution in [0.25, 0.3) is 0 Å². The van der Waals surface area contributed by atoms with Crippen LogP contribution in [0.15, 0.2) is 30.3 Å². The van der Waals surface area contributed by atoms with Crippen LogP contribution in [0, 0.1) is 0 Å². The maximum Gasteiger partial charge on any atom is 1.00 e. The van der Waals surface area contributed by atoms with E-state index in [0.29, 0.717) is 0 Å². The summed E-state index contributed by atoms with van der Waals surface area (Å²) in [5.41, 5.74) is 0. The first kappa shape index (κ1) is 18.1. The summed E-state index contributed by atoms with van der Waals surface area (Å²) in [6.45, 7) is 0. The van der Waals surface area contributed by atoms with Crippen LogP contribution in [-0.4, -0.2) is 35.3 Å². The molecule has 1 unspecified atom stereocenters. The third kappa shape index (κ3) is 6.17. The van der Waals surface area contributed by atoms with Gasteiger partial charge in [-0.25, -0.2) is 8.42 Å². The molecule has 0 heterocycles. The number of aliphatic carboxylic acids is 1. The van der Waals surface area contributed by atoms with E-state index in [1.165, 1.54) is 12.1 Å². The molecule has 0 spiro atoms. The zero-order valence-corrected chi connectivity index (χ0v) is 12.8. The number of hydrogen-bond acceptors (Lipinski definition) is 6. The van der Waals surface area contributed by atoms with Gasteiger partial charge in [0.05, 0.1) is 6.42 Å². The molecule has 0 amide bonds. The summed E-state index contributed by atoms with van der Waals surface area (Å²) in [4.78, 5) is 21.8. The predicted molar refractivity (Wildman–Crippen MR) is 57.8 cm³/mol. The summed E-state index contributed by atoms with van der Waals surface area (Å²) in [7, 11) is -5.10. The molecule has 1 atom stereocenters. The molecule has 0 radical (unpaired) electrons. The second-order valence-corrected chi connectivity index (χ2v) is 4.87. The summed E-state index contributed by atoms with van der Waals surface area (Å²) in [5.74, 6) is -2.85. The fourth-order valence-electron chi connectivity index (χ4n) is 1.13. The van der Waals surface area contributed by atoms with E-state index in [1.54, 1.807) is 18.2 Å². The summed E-state index contributed by atoms with van der Waals surface area (Å²) < 4.78 is 36.5. The minimum atomic E-state index is -5.10. The third-order valence-electron chi connectivity index (χ3n) is 1.95. The van der Waals surface area contributed by atoms with E-state index in [1.807, 2.05) is 0 Å². The van der Waals surface area contributed by atoms with Gasteiger partial charge >= 0.3 is 41.5 Å². The minimum absolute atomic E-state index is 0. The number of benzene rings is 1. The van der Waals surface area contributed by atoms with Gasteiger partial charge in [-0.3, -0.25) is 9.59 Å². The molecule has 0 saturated heterocycles. The number of ether oxygens (including phenoxy) is 1. The number of carbonyl (C=O) groups is 2. The molecule has 1 N–H and O–H groups in total. The molecule has 0 saturated carbocycles. The molecule has 1 aromatic rings. The number of carbonyl (C=O) groups excluding carboxylic acids is 1. The molecule has 0 aliphatic rings. The Kier molecular flexibility index (Phi) is 7.24. The number of rotatable bonds is 5. The molecule has 0 fully saturated rings. The molecule has 0 aliphatic carbocycles. The van der Waals surface area contributed by atoms with E-state index in [4.69, 9.17) is 5.11 Å². The summed E-state index contributed by atoms with van der Waals surface area (Å²) in [6, 6.07) is 7.67. The van der Waals surface area contributed by atoms with Crippen LogP contribution in [0.5, 0.6) is 5.75 Å². The maximum atomic E-state index is 11.3. The molecule has 1 rings (SSSR count). The van der Waals surface area contributed by atoms with Crippen LogP contribution in [0.4, 0.5) is 0 Å². The van der Waals surface area contributed by atoms with Crippen LogP contribution in [-0.2, 0) is 19.7 Å². The standard InChI is InChI=1S/C10H10O7S.Na/c11-9(17-7-4-2-1-3-5-7)6-8(10(12)13)18(14,15)16;/h1-5,8H,6H2,(H,12,13)(H,14,15,16);/q;+1/p-1. The van der Waals surface area contributed by atoms with Gasteiger partial charge < -0.3 is 14.4 Å². The van der Waals surface area contributed by atoms with Gasteiger partial charge in [0.2, 0.25) is 0 Å². The first-order chi connectivity index (χ1) is 8.30. The van der Waals surface area contributed by atoms with Crippen molar-refractivity contribution < 1.29 is 62.0 Å². The number of carboxylic acid groups (broad SMARTS) is 1. The summed E-state index contributed by atoms with van der Waals surface area (Å²) in [5, 5.41) is 6.20. The molecular formula is C10H9NaO7S. The van der Waals surface area contributed by atoms with Crippen molar-refractivity contribution in [3.8, 4) is 5.75 Å². The second-order valence-electron chi connectivity index (χ2n) is 3.31. The van der Waals surface area contributed by atoms with Gasteiger partial charge in [-0.05, 0) is 12.1 Å². The molecule has 7 nitrogen and oxygen atoms in total. The fourth-order valence-corrected chi connectivity index (χ4v) is 1.71. The Hall–Kier alpha value is -0.930. The predicted octanol–water partition coefficient (Wildman–Crippen LogP) is -3.02. The summed E-state index contributed by atoms with van der Waals surface area (Å²) >= 11 is 0. The van der Waals surface area contributed by atoms with Crippen LogP contribution in [0.2, 0.25) is 0 Å². The zero-order valence-electron chi connectivity index (χ0n) is 9.98. The third-order valence-corrected chi connectivity index (χ3v) is 3.02. The van der Waals surface area contributed by atoms with Gasteiger partial charge in [0, 0.05) is 0 Å². The molecule has 0 aliphatic heterocycles. The van der Waals surface area contributed by atoms with Crippen molar-refractivity contribution in [1.82, 2.24) is 0 Å². The smallest absolute Gasteiger partial charge is 0.747 e. The van der Waals surface area contributed by atoms with Crippen molar-refractivity contribution in [3.05, 3.63) is 30.3 Å². The maximum absolute atomic E-state index is 11.3. The quantitative estimate of drug-likeness (QED) is 0.266. The average Bonchev–Trinajstić information content (AvgIpc) is 2.25. The van der Waals surface area contributed by atoms with Crippen LogP contribution >= 0.6 is 0 Å². The van der Waals surface area contributed by atoms with Crippen molar-refractivity contribution in [2.75, 3.05) is 0 Å². The first-order valence-electron chi connectivity index (χ1n) is 4.74. The van der Waals surface area contributed by atoms with Crippen LogP contribution < -0.4 is 34.3 Å². The Morgan fingerprint density at radius 1 is 1.26 bits per heavy atom. The molecule has 0 bridgehead atoms. The van der Waals surface area contributed by atoms with Crippen molar-refractivity contribution in [1.29, 1.82) is 0 Å². The Morgan fingerprint density at radius 2 is 1.79 bits per heavy atom. The number of para-hydroxylation sites is 1. The molecule has 9 heteroatoms. The van der Waals surface area contributed by atoms with Crippen LogP contribution in [0.3, 0.4) is 0 Å². The average molecular weight is 296 g/mol. The Balaban J connectivity index is 0.00000324. The van der Waals surface area contributed by atoms with E-state index in [0.717, 1.165) is 0 Å². The number of esters is 1. The molecule has 19 heavy (non-hydrogen) atoms. The molecule has 98 valence electrons. The molecule has 1 aromatic carbocycles. The largest absolute Gasteiger partial charge is 1.00 e. The molecule has 0 aromatic heterocycles. The van der Waals surface area contributed by atoms with Crippen LogP contribution in [0.1, 0.15) is 6.42 Å². The van der Waals surface area contributed by atoms with Crippen molar-refractivity contribution >= 4 is 22.1 Å². The van der Waals surface area contributed by atoms with Crippen molar-refractivity contribution in [2.24, 2.45) is 0 Å². The van der Waals surface area contributed by atoms with E-state index >= 15 is 0 Å². The van der Waals surface area contributed by atoms with Crippen molar-refractivity contribution in [3.63, 3.8) is 0 Å². The first-order valence-corrected chi connectivity index (χ1v) is 6.21. The molecular weight excluding hydrogens is 287 g/mol. The van der Waals surface area contributed by atoms with E-state index in [2.05, 4.69) is 4.74 Å². The van der Waals surface area contributed by atoms with Gasteiger partial charge in [0.25, 0.3) is 0 Å². The van der Waals surface area contributed by atoms with E-state index in [9.17, 15) is 22.6 Å². The van der Waals surface area contributed by atoms with Gasteiger partial charge in [0.1, 0.15) is 15.9 Å². The van der Waals surface area contributed by atoms with Gasteiger partial charge in [-0.2, -0.15) is 0 Å². The van der Waals surface area contributed by atoms with Gasteiger partial charge in [0.15, 0.2) is 5.25 Å². The normalized spacial score (nSPS) is 12.1. The van der Waals surface area contributed by atoms with Gasteiger partial charge in [-0.15, -0.1) is 0 Å². The Labute approximate surface area is 131 Å². The second kappa shape index (κ2) is 7.61. The zero-order chi connectivity index (χ0) is 13.8. The Bertz CT molecular complexity index is 540. The summed E-state index contributed by atoms with van der Waals surface area (Å²) in [6.07, 6.45) is -1.03. The van der Waals surface area contributed by atoms with E-state index in [-0.39, 0.29) is 35.3 Å². The fraction of sp³-hybridized carbons (Fsp3) is 0.200. The number of hydrogen-bond donors (Lipinski definition) is 1. The Morgan fingerprint density at radius 3 is 2.21 bits per heavy atom. The number of carboxylic acids is 1. The topological polar surface area (TPSA) is 121 Å².